The first-order valence-corrected chi connectivity index (χ1v) is 9.29. The van der Waals surface area contributed by atoms with Crippen LogP contribution in [0.1, 0.15) is 5.56 Å². The molecule has 0 saturated carbocycles. The fourth-order valence-corrected chi connectivity index (χ4v) is 3.34. The van der Waals surface area contributed by atoms with Crippen LogP contribution in [0.4, 0.5) is 4.79 Å². The number of primary amides is 1. The van der Waals surface area contributed by atoms with Crippen LogP contribution in [0.15, 0.2) is 59.5 Å². The monoisotopic (exact) mass is 398 g/mol. The number of imide groups is 1. The second kappa shape index (κ2) is 9.09. The predicted molar refractivity (Wildman–Crippen MR) is 106 cm³/mol. The zero-order valence-corrected chi connectivity index (χ0v) is 15.7. The smallest absolute Gasteiger partial charge is 0.293 e. The first kappa shape index (κ1) is 19.5. The fourth-order valence-electron chi connectivity index (χ4n) is 2.49. The number of para-hydroxylation sites is 2. The molecule has 3 amide bonds. The lowest BCUT2D eigenvalue weighted by atomic mass is 10.2. The molecule has 3 rings (SSSR count). The van der Waals surface area contributed by atoms with Gasteiger partial charge >= 0.3 is 0 Å². The number of rotatable bonds is 8. The average Bonchev–Trinajstić information content (AvgIpc) is 2.95. The van der Waals surface area contributed by atoms with E-state index < -0.39 is 11.8 Å². The summed E-state index contributed by atoms with van der Waals surface area (Å²) in [5.41, 5.74) is 5.68. The van der Waals surface area contributed by atoms with Gasteiger partial charge in [0, 0.05) is 5.56 Å². The van der Waals surface area contributed by atoms with Gasteiger partial charge in [-0.1, -0.05) is 36.4 Å². The Hall–Kier alpha value is -3.26. The molecule has 1 fully saturated rings. The van der Waals surface area contributed by atoms with Gasteiger partial charge in [-0.25, -0.2) is 0 Å². The molecule has 7 nitrogen and oxygen atoms in total. The Bertz CT molecular complexity index is 914. The summed E-state index contributed by atoms with van der Waals surface area (Å²) in [4.78, 5) is 37.1. The van der Waals surface area contributed by atoms with Crippen molar-refractivity contribution in [2.24, 2.45) is 5.73 Å². The SMILES string of the molecule is NC(=O)COc1ccccc1/C=C1\SC(=O)N(CCOc2ccccc2)C1=O. The van der Waals surface area contributed by atoms with Gasteiger partial charge in [0.25, 0.3) is 17.1 Å². The Morgan fingerprint density at radius 2 is 1.75 bits per heavy atom. The maximum Gasteiger partial charge on any atom is 0.293 e. The van der Waals surface area contributed by atoms with Gasteiger partial charge in [-0.05, 0) is 36.0 Å². The standard InChI is InChI=1S/C20H18N2O5S/c21-18(23)13-27-16-9-5-4-6-14(16)12-17-19(24)22(20(25)28-17)10-11-26-15-7-2-1-3-8-15/h1-9,12H,10-11,13H2,(H2,21,23)/b17-12-. The first-order chi connectivity index (χ1) is 13.5. The zero-order chi connectivity index (χ0) is 19.9. The van der Waals surface area contributed by atoms with Crippen molar-refractivity contribution in [1.29, 1.82) is 0 Å². The van der Waals surface area contributed by atoms with E-state index in [0.717, 1.165) is 16.7 Å². The van der Waals surface area contributed by atoms with E-state index in [-0.39, 0.29) is 29.9 Å². The van der Waals surface area contributed by atoms with Gasteiger partial charge in [0.2, 0.25) is 0 Å². The summed E-state index contributed by atoms with van der Waals surface area (Å²) in [6.45, 7) is 0.0769. The highest BCUT2D eigenvalue weighted by Gasteiger charge is 2.35. The number of hydrogen-bond donors (Lipinski definition) is 1. The first-order valence-electron chi connectivity index (χ1n) is 8.48. The number of carbonyl (C=O) groups is 3. The Kier molecular flexibility index (Phi) is 6.33. The van der Waals surface area contributed by atoms with Crippen molar-refractivity contribution in [2.75, 3.05) is 19.8 Å². The highest BCUT2D eigenvalue weighted by atomic mass is 32.2. The van der Waals surface area contributed by atoms with Gasteiger partial charge < -0.3 is 15.2 Å². The molecule has 28 heavy (non-hydrogen) atoms. The van der Waals surface area contributed by atoms with Crippen LogP contribution in [0, 0.1) is 0 Å². The lowest BCUT2D eigenvalue weighted by Gasteiger charge is -2.13. The summed E-state index contributed by atoms with van der Waals surface area (Å²) in [6, 6.07) is 16.1. The van der Waals surface area contributed by atoms with E-state index in [4.69, 9.17) is 15.2 Å². The number of carbonyl (C=O) groups excluding carboxylic acids is 3. The van der Waals surface area contributed by atoms with Crippen LogP contribution < -0.4 is 15.2 Å². The third-order valence-electron chi connectivity index (χ3n) is 3.78. The second-order valence-corrected chi connectivity index (χ2v) is 6.78. The minimum absolute atomic E-state index is 0.150. The van der Waals surface area contributed by atoms with E-state index in [2.05, 4.69) is 0 Å². The summed E-state index contributed by atoms with van der Waals surface area (Å²) in [5, 5.41) is -0.358. The number of nitrogens with two attached hydrogens (primary N) is 1. The summed E-state index contributed by atoms with van der Waals surface area (Å²) in [7, 11) is 0. The van der Waals surface area contributed by atoms with Crippen LogP contribution in [0.2, 0.25) is 0 Å². The third-order valence-corrected chi connectivity index (χ3v) is 4.68. The van der Waals surface area contributed by atoms with Crippen LogP contribution in [0.3, 0.4) is 0 Å². The molecule has 0 aliphatic carbocycles. The number of benzene rings is 2. The van der Waals surface area contributed by atoms with Crippen molar-refractivity contribution >= 4 is 34.9 Å². The Balaban J connectivity index is 1.67. The minimum atomic E-state index is -0.603. The molecule has 8 heteroatoms. The highest BCUT2D eigenvalue weighted by molar-refractivity contribution is 8.18. The fraction of sp³-hybridized carbons (Fsp3) is 0.150. The molecule has 0 unspecified atom stereocenters. The van der Waals surface area contributed by atoms with Crippen LogP contribution in [0.5, 0.6) is 11.5 Å². The highest BCUT2D eigenvalue weighted by Crippen LogP contribution is 2.33. The quantitative estimate of drug-likeness (QED) is 0.687. The molecular formula is C20H18N2O5S. The summed E-state index contributed by atoms with van der Waals surface area (Å²) in [6.07, 6.45) is 1.57. The largest absolute Gasteiger partial charge is 0.492 e. The summed E-state index contributed by atoms with van der Waals surface area (Å²) >= 11 is 0.852. The molecular weight excluding hydrogens is 380 g/mol. The number of ether oxygens (including phenoxy) is 2. The molecule has 0 atom stereocenters. The number of nitrogens with zero attached hydrogens (tertiary/aromatic N) is 1. The number of hydrogen-bond acceptors (Lipinski definition) is 6. The van der Waals surface area contributed by atoms with Gasteiger partial charge in [0.05, 0.1) is 11.4 Å². The van der Waals surface area contributed by atoms with Crippen LogP contribution in [-0.2, 0) is 9.59 Å². The van der Waals surface area contributed by atoms with E-state index in [0.29, 0.717) is 17.1 Å². The zero-order valence-electron chi connectivity index (χ0n) is 14.9. The van der Waals surface area contributed by atoms with Gasteiger partial charge in [-0.2, -0.15) is 0 Å². The van der Waals surface area contributed by atoms with Gasteiger partial charge in [-0.3, -0.25) is 19.3 Å². The van der Waals surface area contributed by atoms with E-state index in [1.807, 2.05) is 18.2 Å². The Labute approximate surface area is 166 Å². The van der Waals surface area contributed by atoms with Gasteiger partial charge in [0.15, 0.2) is 6.61 Å². The van der Waals surface area contributed by atoms with Gasteiger partial charge in [-0.15, -0.1) is 0 Å². The average molecular weight is 398 g/mol. The maximum atomic E-state index is 12.6. The second-order valence-electron chi connectivity index (χ2n) is 5.79. The maximum absolute atomic E-state index is 12.6. The topological polar surface area (TPSA) is 98.9 Å². The van der Waals surface area contributed by atoms with Crippen LogP contribution in [-0.4, -0.2) is 41.7 Å². The molecule has 2 N–H and O–H groups in total. The lowest BCUT2D eigenvalue weighted by Crippen LogP contribution is -2.32. The third kappa shape index (κ3) is 4.92. The van der Waals surface area contributed by atoms with Crippen molar-refractivity contribution < 1.29 is 23.9 Å². The predicted octanol–water partition coefficient (Wildman–Crippen LogP) is 2.67. The number of amides is 3. The van der Waals surface area contributed by atoms with Crippen molar-refractivity contribution in [2.45, 2.75) is 0 Å². The summed E-state index contributed by atoms with van der Waals surface area (Å²) in [5.74, 6) is 0.0796. The van der Waals surface area contributed by atoms with Crippen molar-refractivity contribution in [3.8, 4) is 11.5 Å². The molecule has 2 aromatic rings. The molecule has 1 saturated heterocycles. The summed E-state index contributed by atoms with van der Waals surface area (Å²) < 4.78 is 10.9. The lowest BCUT2D eigenvalue weighted by molar-refractivity contribution is -0.123. The molecule has 1 aliphatic rings. The van der Waals surface area contributed by atoms with Crippen LogP contribution in [0.25, 0.3) is 6.08 Å². The van der Waals surface area contributed by atoms with E-state index >= 15 is 0 Å². The molecule has 1 heterocycles. The molecule has 0 radical (unpaired) electrons. The molecule has 0 spiro atoms. The molecule has 0 aromatic heterocycles. The van der Waals surface area contributed by atoms with Crippen molar-refractivity contribution in [1.82, 2.24) is 4.90 Å². The van der Waals surface area contributed by atoms with Crippen molar-refractivity contribution in [3.63, 3.8) is 0 Å². The van der Waals surface area contributed by atoms with Crippen molar-refractivity contribution in [3.05, 3.63) is 65.1 Å². The number of thioether (sulfide) groups is 1. The minimum Gasteiger partial charge on any atom is -0.492 e. The van der Waals surface area contributed by atoms with Crippen LogP contribution >= 0.6 is 11.8 Å². The Morgan fingerprint density at radius 3 is 2.50 bits per heavy atom. The van der Waals surface area contributed by atoms with E-state index in [1.165, 1.54) is 0 Å². The van der Waals surface area contributed by atoms with Gasteiger partial charge in [0.1, 0.15) is 18.1 Å². The molecule has 144 valence electrons. The molecule has 1 aliphatic heterocycles. The molecule has 2 aromatic carbocycles. The van der Waals surface area contributed by atoms with E-state index in [9.17, 15) is 14.4 Å². The molecule has 0 bridgehead atoms. The van der Waals surface area contributed by atoms with E-state index in [1.54, 1.807) is 42.5 Å². The Morgan fingerprint density at radius 1 is 1.04 bits per heavy atom. The normalized spacial score (nSPS) is 15.1.